The molecule has 1 aliphatic heterocycles. The molecule has 0 radical (unpaired) electrons. The molecule has 1 aromatic carbocycles. The van der Waals surface area contributed by atoms with E-state index in [1.807, 2.05) is 6.20 Å². The van der Waals surface area contributed by atoms with Crippen molar-refractivity contribution in [1.82, 2.24) is 20.6 Å². The molecule has 2 N–H and O–H groups in total. The fourth-order valence-corrected chi connectivity index (χ4v) is 8.86. The molecule has 3 rings (SSSR count). The van der Waals surface area contributed by atoms with Gasteiger partial charge in [-0.15, -0.1) is 0 Å². The van der Waals surface area contributed by atoms with E-state index in [1.165, 1.54) is 23.6 Å². The Morgan fingerprint density at radius 3 is 2.62 bits per heavy atom. The van der Waals surface area contributed by atoms with E-state index in [-0.39, 0.29) is 0 Å². The molecular weight excluding hydrogens is 437 g/mol. The molecule has 6 heteroatoms. The Labute approximate surface area is 162 Å². The summed E-state index contributed by atoms with van der Waals surface area (Å²) < 4.78 is 4.11. The summed E-state index contributed by atoms with van der Waals surface area (Å²) in [4.78, 5) is 12.9. The van der Waals surface area contributed by atoms with Crippen LogP contribution in [0.2, 0.25) is 0 Å². The zero-order valence-electron chi connectivity index (χ0n) is 15.4. The molecule has 26 heavy (non-hydrogen) atoms. The molecule has 0 saturated carbocycles. The van der Waals surface area contributed by atoms with E-state index in [9.17, 15) is 0 Å². The van der Waals surface area contributed by atoms with Gasteiger partial charge in [-0.25, -0.2) is 0 Å². The van der Waals surface area contributed by atoms with Gasteiger partial charge in [0.2, 0.25) is 0 Å². The predicted molar refractivity (Wildman–Crippen MR) is 119 cm³/mol. The summed E-state index contributed by atoms with van der Waals surface area (Å²) >= 11 is -1.14. The van der Waals surface area contributed by atoms with Crippen LogP contribution in [-0.2, 0) is 6.54 Å². The van der Waals surface area contributed by atoms with E-state index < -0.39 is 19.8 Å². The Kier molecular flexibility index (Phi) is 6.73. The second-order valence-electron chi connectivity index (χ2n) is 6.12. The second kappa shape index (κ2) is 9.23. The van der Waals surface area contributed by atoms with Crippen LogP contribution >= 0.6 is 19.8 Å². The van der Waals surface area contributed by atoms with Gasteiger partial charge in [-0.1, -0.05) is 0 Å². The van der Waals surface area contributed by atoms with E-state index >= 15 is 0 Å². The number of halogens is 1. The first kappa shape index (κ1) is 19.0. The molecule has 0 aliphatic carbocycles. The molecule has 1 saturated heterocycles. The Morgan fingerprint density at radius 1 is 1.27 bits per heavy atom. The van der Waals surface area contributed by atoms with E-state index in [1.54, 1.807) is 12.4 Å². The predicted octanol–water partition coefficient (Wildman–Crippen LogP) is 3.58. The number of allylic oxidation sites excluding steroid dienone is 2. The number of nitrogens with zero attached hydrogens (tertiary/aromatic N) is 3. The molecule has 0 spiro atoms. The number of hydrogen-bond acceptors (Lipinski definition) is 5. The van der Waals surface area contributed by atoms with Gasteiger partial charge in [-0.3, -0.25) is 0 Å². The number of benzene rings is 1. The second-order valence-corrected chi connectivity index (χ2v) is 12.0. The number of aryl methyl sites for hydroxylation is 1. The zero-order valence-corrected chi connectivity index (χ0v) is 17.6. The van der Waals surface area contributed by atoms with Crippen molar-refractivity contribution in [2.75, 3.05) is 21.9 Å². The standard InChI is InChI=1S/C20H26IN5/c1-4-17(21-5-7-23-8-6-21)20(14-22-3)26-13-16-12-19-18(11-15(16)2)24-9-10-25-19/h4,9-12,14,23,26H,3,5-8,13H2,1-2H3/b17-4+,20-14+. The number of fused-ring (bicyclic) bond motifs is 1. The van der Waals surface area contributed by atoms with E-state index in [2.05, 4.69) is 64.4 Å². The SMILES string of the molecule is C=N/C=C(NCc1cc2nccnc2cc1C)\C(=C/C)I1CCNCC1. The van der Waals surface area contributed by atoms with Gasteiger partial charge in [0.15, 0.2) is 0 Å². The number of aliphatic imine (C=N–C) groups is 1. The van der Waals surface area contributed by atoms with Gasteiger partial charge in [0, 0.05) is 0 Å². The molecule has 2 heterocycles. The first-order valence-corrected chi connectivity index (χ1v) is 12.9. The molecule has 1 fully saturated rings. The molecule has 1 aromatic heterocycles. The van der Waals surface area contributed by atoms with Gasteiger partial charge >= 0.3 is 163 Å². The average molecular weight is 463 g/mol. The van der Waals surface area contributed by atoms with Crippen molar-refractivity contribution in [2.24, 2.45) is 4.99 Å². The topological polar surface area (TPSA) is 62.2 Å². The van der Waals surface area contributed by atoms with Crippen LogP contribution in [0.3, 0.4) is 0 Å². The zero-order chi connectivity index (χ0) is 18.4. The fourth-order valence-electron chi connectivity index (χ4n) is 3.06. The van der Waals surface area contributed by atoms with Crippen LogP contribution in [0, 0.1) is 6.92 Å². The van der Waals surface area contributed by atoms with Crippen LogP contribution in [0.1, 0.15) is 18.1 Å². The molecular formula is C20H26IN5. The Bertz CT molecular complexity index is 837. The maximum absolute atomic E-state index is 4.43. The summed E-state index contributed by atoms with van der Waals surface area (Å²) in [5, 5.41) is 7.09. The van der Waals surface area contributed by atoms with Crippen LogP contribution in [-0.4, -0.2) is 38.6 Å². The minimum atomic E-state index is -1.14. The Morgan fingerprint density at radius 2 is 1.96 bits per heavy atom. The fraction of sp³-hybridized carbons (Fsp3) is 0.350. The first-order chi connectivity index (χ1) is 12.7. The molecule has 5 nitrogen and oxygen atoms in total. The Balaban J connectivity index is 1.79. The molecule has 0 unspecified atom stereocenters. The van der Waals surface area contributed by atoms with Crippen molar-refractivity contribution in [1.29, 1.82) is 0 Å². The quantitative estimate of drug-likeness (QED) is 0.298. The Hall–Kier alpha value is -1.80. The van der Waals surface area contributed by atoms with Crippen LogP contribution < -0.4 is 10.6 Å². The van der Waals surface area contributed by atoms with Crippen LogP contribution in [0.15, 0.2) is 51.1 Å². The number of rotatable bonds is 6. The molecule has 138 valence electrons. The summed E-state index contributed by atoms with van der Waals surface area (Å²) in [6, 6.07) is 4.23. The van der Waals surface area contributed by atoms with Gasteiger partial charge in [-0.05, 0) is 0 Å². The summed E-state index contributed by atoms with van der Waals surface area (Å²) in [6.45, 7) is 11.0. The van der Waals surface area contributed by atoms with Crippen LogP contribution in [0.5, 0.6) is 0 Å². The van der Waals surface area contributed by atoms with Crippen molar-refractivity contribution in [2.45, 2.75) is 20.4 Å². The number of nitrogens with one attached hydrogen (secondary N) is 2. The third-order valence-corrected chi connectivity index (χ3v) is 10.9. The molecule has 1 aliphatic rings. The summed E-state index contributed by atoms with van der Waals surface area (Å²) in [6.07, 6.45) is 7.63. The minimum absolute atomic E-state index is 0.749. The molecule has 0 bridgehead atoms. The van der Waals surface area contributed by atoms with Gasteiger partial charge in [0.05, 0.1) is 0 Å². The van der Waals surface area contributed by atoms with Gasteiger partial charge in [0.1, 0.15) is 0 Å². The van der Waals surface area contributed by atoms with Crippen molar-refractivity contribution < 1.29 is 0 Å². The summed E-state index contributed by atoms with van der Waals surface area (Å²) in [7, 11) is 0. The van der Waals surface area contributed by atoms with Gasteiger partial charge in [0.25, 0.3) is 0 Å². The van der Waals surface area contributed by atoms with Crippen molar-refractivity contribution in [3.63, 3.8) is 0 Å². The third kappa shape index (κ3) is 4.48. The number of hydrogen-bond donors (Lipinski definition) is 2. The van der Waals surface area contributed by atoms with Crippen molar-refractivity contribution >= 4 is 37.6 Å². The summed E-state index contributed by atoms with van der Waals surface area (Å²) in [5.74, 6) is 0. The van der Waals surface area contributed by atoms with Crippen molar-refractivity contribution in [3.05, 3.63) is 57.2 Å². The molecule has 2 aromatic rings. The van der Waals surface area contributed by atoms with E-state index in [0.717, 1.165) is 36.4 Å². The third-order valence-electron chi connectivity index (χ3n) is 4.41. The van der Waals surface area contributed by atoms with Crippen LogP contribution in [0.4, 0.5) is 0 Å². The number of aromatic nitrogens is 2. The normalized spacial score (nSPS) is 17.4. The number of alkyl halides is 2. The maximum atomic E-state index is 4.43. The summed E-state index contributed by atoms with van der Waals surface area (Å²) in [5.41, 5.74) is 5.46. The monoisotopic (exact) mass is 463 g/mol. The van der Waals surface area contributed by atoms with Crippen LogP contribution in [0.25, 0.3) is 11.0 Å². The molecule has 0 atom stereocenters. The van der Waals surface area contributed by atoms with Crippen molar-refractivity contribution in [3.8, 4) is 0 Å². The van der Waals surface area contributed by atoms with E-state index in [4.69, 9.17) is 0 Å². The van der Waals surface area contributed by atoms with E-state index in [0.29, 0.717) is 0 Å². The van der Waals surface area contributed by atoms with Gasteiger partial charge in [-0.2, -0.15) is 0 Å². The average Bonchev–Trinajstić information content (AvgIpc) is 2.67. The first-order valence-electron chi connectivity index (χ1n) is 8.82. The van der Waals surface area contributed by atoms with Gasteiger partial charge < -0.3 is 0 Å². The molecule has 0 amide bonds.